The van der Waals surface area contributed by atoms with Crippen molar-refractivity contribution >= 4 is 22.6 Å². The maximum absolute atomic E-state index is 13.5. The van der Waals surface area contributed by atoms with E-state index in [0.29, 0.717) is 18.0 Å². The summed E-state index contributed by atoms with van der Waals surface area (Å²) < 4.78 is 13.5. The van der Waals surface area contributed by atoms with Crippen LogP contribution in [0.25, 0.3) is 10.9 Å². The molecule has 3 heterocycles. The Hall–Kier alpha value is -3.37. The Morgan fingerprint density at radius 1 is 1.12 bits per heavy atom. The van der Waals surface area contributed by atoms with E-state index in [1.54, 1.807) is 12.1 Å². The molecule has 1 N–H and O–H groups in total. The van der Waals surface area contributed by atoms with Crippen molar-refractivity contribution in [3.05, 3.63) is 65.6 Å². The maximum atomic E-state index is 13.5. The van der Waals surface area contributed by atoms with Gasteiger partial charge in [-0.15, -0.1) is 0 Å². The molecule has 1 atom stereocenters. The predicted octanol–water partition coefficient (Wildman–Crippen LogP) is 5.08. The molecular weight excluding hydrogens is 429 g/mol. The minimum Gasteiger partial charge on any atom is -0.361 e. The van der Waals surface area contributed by atoms with Gasteiger partial charge in [-0.3, -0.25) is 4.90 Å². The first-order valence-corrected chi connectivity index (χ1v) is 12.2. The second kappa shape index (κ2) is 9.86. The fourth-order valence-electron chi connectivity index (χ4n) is 5.29. The fourth-order valence-corrected chi connectivity index (χ4v) is 5.29. The molecule has 3 aromatic rings. The van der Waals surface area contributed by atoms with Gasteiger partial charge in [0.2, 0.25) is 0 Å². The SMILES string of the molecule is N#Cc1ccc2[nH]cc(C3CCN(CCN(C(=O)N4CCCCC4)c4ccc(F)cc4)C3)c2c1. The first-order chi connectivity index (χ1) is 16.6. The minimum atomic E-state index is -0.296. The number of aromatic amines is 1. The number of rotatable bonds is 5. The molecule has 2 aliphatic rings. The molecule has 34 heavy (non-hydrogen) atoms. The van der Waals surface area contributed by atoms with E-state index in [9.17, 15) is 14.4 Å². The average Bonchev–Trinajstić information content (AvgIpc) is 3.52. The lowest BCUT2D eigenvalue weighted by Crippen LogP contribution is -2.48. The number of nitrogens with zero attached hydrogens (tertiary/aromatic N) is 4. The van der Waals surface area contributed by atoms with Gasteiger partial charge in [-0.25, -0.2) is 9.18 Å². The number of fused-ring (bicyclic) bond motifs is 1. The van der Waals surface area contributed by atoms with Crippen LogP contribution in [0.4, 0.5) is 14.9 Å². The number of likely N-dealkylation sites (tertiary alicyclic amines) is 2. The van der Waals surface area contributed by atoms with E-state index < -0.39 is 0 Å². The normalized spacial score (nSPS) is 18.8. The molecule has 1 aromatic heterocycles. The summed E-state index contributed by atoms with van der Waals surface area (Å²) in [5.74, 6) is 0.0922. The topological polar surface area (TPSA) is 66.4 Å². The number of hydrogen-bond donors (Lipinski definition) is 1. The third kappa shape index (κ3) is 4.64. The highest BCUT2D eigenvalue weighted by molar-refractivity contribution is 5.92. The van der Waals surface area contributed by atoms with Gasteiger partial charge >= 0.3 is 6.03 Å². The van der Waals surface area contributed by atoms with Crippen LogP contribution in [0.2, 0.25) is 0 Å². The lowest BCUT2D eigenvalue weighted by Gasteiger charge is -2.34. The Morgan fingerprint density at radius 3 is 2.68 bits per heavy atom. The van der Waals surface area contributed by atoms with E-state index in [-0.39, 0.29) is 11.8 Å². The second-order valence-corrected chi connectivity index (χ2v) is 9.36. The second-order valence-electron chi connectivity index (χ2n) is 9.36. The van der Waals surface area contributed by atoms with Gasteiger partial charge < -0.3 is 14.8 Å². The van der Waals surface area contributed by atoms with E-state index in [1.807, 2.05) is 28.0 Å². The molecule has 0 bridgehead atoms. The zero-order valence-electron chi connectivity index (χ0n) is 19.3. The third-order valence-electron chi connectivity index (χ3n) is 7.19. The van der Waals surface area contributed by atoms with Crippen LogP contribution in [0.1, 0.15) is 42.7 Å². The summed E-state index contributed by atoms with van der Waals surface area (Å²) >= 11 is 0. The highest BCUT2D eigenvalue weighted by Crippen LogP contribution is 2.33. The standard InChI is InChI=1S/C27H30FN5O/c28-22-5-7-23(8-6-22)33(27(34)32-11-2-1-3-12-32)15-14-31-13-10-21(19-31)25-18-30-26-9-4-20(17-29)16-24(25)26/h4-9,16,18,21,30H,1-3,10-15,19H2. The lowest BCUT2D eigenvalue weighted by atomic mass is 9.97. The van der Waals surface area contributed by atoms with Gasteiger partial charge in [-0.1, -0.05) is 0 Å². The van der Waals surface area contributed by atoms with Gasteiger partial charge in [0, 0.05) is 55.5 Å². The van der Waals surface area contributed by atoms with Crippen molar-refractivity contribution in [1.29, 1.82) is 5.26 Å². The molecular formula is C27H30FN5O. The largest absolute Gasteiger partial charge is 0.361 e. The van der Waals surface area contributed by atoms with Crippen LogP contribution in [0, 0.1) is 17.1 Å². The Kier molecular flexibility index (Phi) is 6.50. The first kappa shape index (κ1) is 22.4. The molecule has 2 aromatic carbocycles. The summed E-state index contributed by atoms with van der Waals surface area (Å²) in [7, 11) is 0. The number of amides is 2. The summed E-state index contributed by atoms with van der Waals surface area (Å²) in [5.41, 5.74) is 3.74. The number of urea groups is 1. The number of nitriles is 1. The summed E-state index contributed by atoms with van der Waals surface area (Å²) in [6.45, 7) is 4.78. The van der Waals surface area contributed by atoms with Crippen LogP contribution < -0.4 is 4.90 Å². The van der Waals surface area contributed by atoms with Gasteiger partial charge in [0.1, 0.15) is 5.82 Å². The molecule has 2 aliphatic heterocycles. The number of aromatic nitrogens is 1. The summed E-state index contributed by atoms with van der Waals surface area (Å²) in [4.78, 5) is 22.8. The molecule has 2 fully saturated rings. The van der Waals surface area contributed by atoms with Crippen molar-refractivity contribution in [1.82, 2.24) is 14.8 Å². The van der Waals surface area contributed by atoms with E-state index in [2.05, 4.69) is 22.1 Å². The Morgan fingerprint density at radius 2 is 1.91 bits per heavy atom. The number of carbonyl (C=O) groups is 1. The summed E-state index contributed by atoms with van der Waals surface area (Å²) in [6.07, 6.45) is 6.36. The lowest BCUT2D eigenvalue weighted by molar-refractivity contribution is 0.192. The number of nitrogens with one attached hydrogen (secondary N) is 1. The molecule has 2 amide bonds. The average molecular weight is 460 g/mol. The van der Waals surface area contributed by atoms with Crippen molar-refractivity contribution in [2.24, 2.45) is 0 Å². The number of piperidine rings is 1. The molecule has 0 saturated carbocycles. The smallest absolute Gasteiger partial charge is 0.324 e. The number of benzene rings is 2. The molecule has 2 saturated heterocycles. The van der Waals surface area contributed by atoms with Crippen LogP contribution in [0.5, 0.6) is 0 Å². The predicted molar refractivity (Wildman–Crippen MR) is 131 cm³/mol. The van der Waals surface area contributed by atoms with E-state index >= 15 is 0 Å². The van der Waals surface area contributed by atoms with E-state index in [0.717, 1.165) is 68.6 Å². The Balaban J connectivity index is 1.28. The van der Waals surface area contributed by atoms with Gasteiger partial charge in [-0.2, -0.15) is 5.26 Å². The molecule has 0 radical (unpaired) electrons. The van der Waals surface area contributed by atoms with Crippen molar-refractivity contribution < 1.29 is 9.18 Å². The Labute approximate surface area is 199 Å². The van der Waals surface area contributed by atoms with Crippen molar-refractivity contribution in [3.63, 3.8) is 0 Å². The molecule has 176 valence electrons. The number of hydrogen-bond acceptors (Lipinski definition) is 3. The molecule has 5 rings (SSSR count). The summed E-state index contributed by atoms with van der Waals surface area (Å²) in [6, 6.07) is 14.3. The molecule has 6 nitrogen and oxygen atoms in total. The Bertz CT molecular complexity index is 1190. The molecule has 0 spiro atoms. The zero-order chi connectivity index (χ0) is 23.5. The highest BCUT2D eigenvalue weighted by Gasteiger charge is 2.28. The van der Waals surface area contributed by atoms with Crippen LogP contribution in [0.3, 0.4) is 0 Å². The van der Waals surface area contributed by atoms with Crippen LogP contribution in [-0.2, 0) is 0 Å². The quantitative estimate of drug-likeness (QED) is 0.579. The number of carbonyl (C=O) groups excluding carboxylic acids is 1. The van der Waals surface area contributed by atoms with Gasteiger partial charge in [-0.05, 0) is 86.2 Å². The van der Waals surface area contributed by atoms with Gasteiger partial charge in [0.25, 0.3) is 0 Å². The highest BCUT2D eigenvalue weighted by atomic mass is 19.1. The van der Waals surface area contributed by atoms with E-state index in [1.165, 1.54) is 24.1 Å². The van der Waals surface area contributed by atoms with E-state index in [4.69, 9.17) is 0 Å². The van der Waals surface area contributed by atoms with Crippen molar-refractivity contribution in [2.75, 3.05) is 44.2 Å². The molecule has 0 aliphatic carbocycles. The summed E-state index contributed by atoms with van der Waals surface area (Å²) in [5, 5.41) is 10.4. The van der Waals surface area contributed by atoms with Crippen molar-refractivity contribution in [3.8, 4) is 6.07 Å². The van der Waals surface area contributed by atoms with Crippen molar-refractivity contribution in [2.45, 2.75) is 31.6 Å². The maximum Gasteiger partial charge on any atom is 0.324 e. The van der Waals surface area contributed by atoms with Crippen LogP contribution >= 0.6 is 0 Å². The monoisotopic (exact) mass is 459 g/mol. The minimum absolute atomic E-state index is 0.0164. The third-order valence-corrected chi connectivity index (χ3v) is 7.19. The number of halogens is 1. The number of H-pyrrole nitrogens is 1. The molecule has 1 unspecified atom stereocenters. The molecule has 7 heteroatoms. The van der Waals surface area contributed by atoms with Gasteiger partial charge in [0.05, 0.1) is 11.6 Å². The van der Waals surface area contributed by atoms with Crippen LogP contribution in [-0.4, -0.2) is 60.1 Å². The van der Waals surface area contributed by atoms with Gasteiger partial charge in [0.15, 0.2) is 0 Å². The number of anilines is 1. The first-order valence-electron chi connectivity index (χ1n) is 12.2. The zero-order valence-corrected chi connectivity index (χ0v) is 19.3. The fraction of sp³-hybridized carbons (Fsp3) is 0.407. The van der Waals surface area contributed by atoms with Crippen LogP contribution in [0.15, 0.2) is 48.7 Å².